The van der Waals surface area contributed by atoms with Crippen LogP contribution in [0.2, 0.25) is 1.41 Å². The molecule has 0 bridgehead atoms. The summed E-state index contributed by atoms with van der Waals surface area (Å²) >= 11 is 0. The van der Waals surface area contributed by atoms with Gasteiger partial charge in [-0.2, -0.15) is 0 Å². The smallest absolute Gasteiger partial charge is 0.199 e. The monoisotopic (exact) mass is 346 g/mol. The molecule has 0 rings (SSSR count). The van der Waals surface area contributed by atoms with Gasteiger partial charge in [-0.25, -0.2) is 0 Å². The maximum absolute atomic E-state index is 10.0. The van der Waals surface area contributed by atoms with Crippen molar-refractivity contribution in [2.75, 3.05) is 0 Å². The van der Waals surface area contributed by atoms with Gasteiger partial charge in [-0.15, -0.1) is 0 Å². The molecule has 0 fully saturated rings. The molecule has 0 aliphatic rings. The van der Waals surface area contributed by atoms with E-state index in [2.05, 4.69) is 0 Å². The first-order valence-electron chi connectivity index (χ1n) is 1.91. The molecule has 0 spiro atoms. The van der Waals surface area contributed by atoms with Gasteiger partial charge in [-0.05, 0) is 0 Å². The number of carbonyl (C=O) groups is 1. The van der Waals surface area contributed by atoms with Crippen LogP contribution in [-0.4, -0.2) is 5.52 Å². The van der Waals surface area contributed by atoms with Crippen molar-refractivity contribution in [3.05, 3.63) is 0 Å². The zero-order valence-corrected chi connectivity index (χ0v) is 8.98. The summed E-state index contributed by atoms with van der Waals surface area (Å²) in [6.45, 7) is 1.18. The second kappa shape index (κ2) is 5.06. The van der Waals surface area contributed by atoms with Crippen LogP contribution in [-0.2, 0) is 9.36 Å². The Morgan fingerprint density at radius 2 is 2.43 bits per heavy atom. The molecule has 0 heterocycles. The van der Waals surface area contributed by atoms with Crippen LogP contribution >= 0.6 is 7.95 Å². The van der Waals surface area contributed by atoms with Crippen LogP contribution < -0.4 is 5.50 Å². The topological polar surface area (TPSA) is 60.2 Å². The minimum Gasteiger partial charge on any atom is -0.302 e. The first-order valence-corrected chi connectivity index (χ1v) is 2.82. The Hall–Kier alpha value is 0.912. The average Bonchev–Trinajstić information content (AvgIpc) is 1.65. The molecule has 5 heteroatoms. The Labute approximate surface area is 67.7 Å². The molecule has 1 unspecified atom stereocenters. The standard InChI is InChI=1S/C2H6NO2P.U/c1-2(4)6(3)5;/h6H,1H3,(H2,3,5);/i/hD. The van der Waals surface area contributed by atoms with E-state index in [9.17, 15) is 9.36 Å². The van der Waals surface area contributed by atoms with Gasteiger partial charge in [0.1, 0.15) is 1.41 Å². The Kier molecular flexibility index (Phi) is 5.72. The molecule has 1 atom stereocenters. The number of nitrogens with two attached hydrogens (primary N) is 1. The molecule has 0 aliphatic heterocycles. The third-order valence-electron chi connectivity index (χ3n) is 0.320. The van der Waals surface area contributed by atoms with Crippen molar-refractivity contribution in [2.24, 2.45) is 5.50 Å². The van der Waals surface area contributed by atoms with E-state index in [-0.39, 0.29) is 31.1 Å². The number of hydrogen-bond donors (Lipinski definition) is 1. The molecular formula is C2H6NO2PU. The molecule has 0 aromatic heterocycles. The molecule has 0 aliphatic carbocycles. The van der Waals surface area contributed by atoms with Crippen molar-refractivity contribution in [1.82, 2.24) is 0 Å². The van der Waals surface area contributed by atoms with Crippen LogP contribution in [0.15, 0.2) is 0 Å². The van der Waals surface area contributed by atoms with Crippen LogP contribution in [0.3, 0.4) is 0 Å². The van der Waals surface area contributed by atoms with Crippen LogP contribution in [0.4, 0.5) is 0 Å². The fourth-order valence-electron chi connectivity index (χ4n) is 0. The molecule has 0 aromatic rings. The Bertz CT molecular complexity index is 108. The van der Waals surface area contributed by atoms with Gasteiger partial charge in [0.05, 0.1) is 0 Å². The van der Waals surface area contributed by atoms with Gasteiger partial charge < -0.3 is 4.57 Å². The van der Waals surface area contributed by atoms with Crippen LogP contribution in [0, 0.1) is 31.1 Å². The molecule has 2 N–H and O–H groups in total. The summed E-state index contributed by atoms with van der Waals surface area (Å²) in [6, 6.07) is 0. The van der Waals surface area contributed by atoms with E-state index in [1.165, 1.54) is 6.92 Å². The fraction of sp³-hybridized carbons (Fsp3) is 0.500. The third-order valence-corrected chi connectivity index (χ3v) is 0.959. The maximum atomic E-state index is 10.0. The quantitative estimate of drug-likeness (QED) is 0.715. The van der Waals surface area contributed by atoms with E-state index in [4.69, 9.17) is 1.41 Å². The van der Waals surface area contributed by atoms with Crippen molar-refractivity contribution < 1.29 is 41.9 Å². The Balaban J connectivity index is 0. The fourth-order valence-corrected chi connectivity index (χ4v) is 0. The van der Waals surface area contributed by atoms with E-state index in [1.54, 1.807) is 5.50 Å². The Morgan fingerprint density at radius 1 is 2.00 bits per heavy atom. The molecule has 0 saturated carbocycles. The molecular weight excluding hydrogens is 339 g/mol. The molecule has 40 valence electrons. The zero-order chi connectivity index (χ0) is 5.86. The molecule has 0 amide bonds. The van der Waals surface area contributed by atoms with Gasteiger partial charge in [0.15, 0.2) is 13.5 Å². The molecule has 0 saturated heterocycles. The SMILES string of the molecule is [2H]N[PH](=O)C(C)=O.[U]. The minimum absolute atomic E-state index is 0. The number of carbonyl (C=O) groups excluding carboxylic acids is 1. The van der Waals surface area contributed by atoms with E-state index in [0.29, 0.717) is 0 Å². The molecule has 7 heavy (non-hydrogen) atoms. The van der Waals surface area contributed by atoms with Gasteiger partial charge in [-0.1, -0.05) is 0 Å². The maximum Gasteiger partial charge on any atom is 0.199 e. The largest absolute Gasteiger partial charge is 0.302 e. The van der Waals surface area contributed by atoms with Gasteiger partial charge in [0.2, 0.25) is 0 Å². The Morgan fingerprint density at radius 3 is 2.43 bits per heavy atom. The van der Waals surface area contributed by atoms with Crippen molar-refractivity contribution in [1.29, 1.82) is 0 Å². The average molecular weight is 346 g/mol. The predicted octanol–water partition coefficient (Wildman–Crippen LogP) is -0.0337. The summed E-state index contributed by atoms with van der Waals surface area (Å²) in [6.07, 6.45) is 0. The van der Waals surface area contributed by atoms with Gasteiger partial charge >= 0.3 is 0 Å². The van der Waals surface area contributed by atoms with Crippen LogP contribution in [0.25, 0.3) is 0 Å². The first-order chi connectivity index (χ1) is 3.18. The second-order valence-electron chi connectivity index (χ2n) is 0.885. The first kappa shape index (κ1) is 7.91. The number of hydrogen-bond acceptors (Lipinski definition) is 2. The number of rotatable bonds is 2. The van der Waals surface area contributed by atoms with Crippen molar-refractivity contribution in [3.63, 3.8) is 0 Å². The summed E-state index contributed by atoms with van der Waals surface area (Å²) in [4.78, 5) is 9.93. The van der Waals surface area contributed by atoms with E-state index in [1.807, 2.05) is 0 Å². The van der Waals surface area contributed by atoms with E-state index in [0.717, 1.165) is 0 Å². The summed E-state index contributed by atoms with van der Waals surface area (Å²) in [7, 11) is -2.42. The van der Waals surface area contributed by atoms with Crippen LogP contribution in [0.5, 0.6) is 0 Å². The predicted molar refractivity (Wildman–Crippen MR) is 23.9 cm³/mol. The van der Waals surface area contributed by atoms with Gasteiger partial charge in [0.25, 0.3) is 0 Å². The summed E-state index contributed by atoms with van der Waals surface area (Å²) in [5.74, 6) is 0. The van der Waals surface area contributed by atoms with Gasteiger partial charge in [-0.3, -0.25) is 10.3 Å². The van der Waals surface area contributed by atoms with Crippen molar-refractivity contribution >= 4 is 13.5 Å². The van der Waals surface area contributed by atoms with E-state index >= 15 is 0 Å². The molecule has 3 nitrogen and oxygen atoms in total. The van der Waals surface area contributed by atoms with Crippen molar-refractivity contribution in [2.45, 2.75) is 6.92 Å². The molecule has 0 aromatic carbocycles. The summed E-state index contributed by atoms with van der Waals surface area (Å²) in [5, 5.41) is 0. The van der Waals surface area contributed by atoms with Crippen molar-refractivity contribution in [3.8, 4) is 0 Å². The molecule has 0 radical (unpaired) electrons. The van der Waals surface area contributed by atoms with Gasteiger partial charge in [0, 0.05) is 38.0 Å². The normalized spacial score (nSPS) is 13.6. The van der Waals surface area contributed by atoms with E-state index < -0.39 is 13.5 Å². The minimum atomic E-state index is -2.42. The van der Waals surface area contributed by atoms with Crippen LogP contribution in [0.1, 0.15) is 6.92 Å². The summed E-state index contributed by atoms with van der Waals surface area (Å²) in [5.41, 5.74) is 1.15. The second-order valence-corrected chi connectivity index (χ2v) is 2.25. The third kappa shape index (κ3) is 6.91. The summed E-state index contributed by atoms with van der Waals surface area (Å²) < 4.78 is 16.2. The zero-order valence-electron chi connectivity index (χ0n) is 4.82.